The number of hydrogen-bond acceptors (Lipinski definition) is 5. The van der Waals surface area contributed by atoms with E-state index in [4.69, 9.17) is 4.52 Å². The van der Waals surface area contributed by atoms with Crippen molar-refractivity contribution < 1.29 is 4.52 Å². The molecular weight excluding hydrogens is 228 g/mol. The molecule has 0 bridgehead atoms. The molecule has 100 valence electrons. The zero-order chi connectivity index (χ0) is 12.4. The summed E-state index contributed by atoms with van der Waals surface area (Å²) < 4.78 is 5.05. The third-order valence-corrected chi connectivity index (χ3v) is 3.79. The lowest BCUT2D eigenvalue weighted by molar-refractivity contribution is 0.223. The molecule has 1 N–H and O–H groups in total. The molecule has 1 aromatic heterocycles. The first kappa shape index (κ1) is 12.1. The molecule has 5 heteroatoms. The monoisotopic (exact) mass is 250 g/mol. The van der Waals surface area contributed by atoms with Crippen LogP contribution in [0.2, 0.25) is 0 Å². The third kappa shape index (κ3) is 3.29. The fraction of sp³-hybridized carbons (Fsp3) is 0.846. The van der Waals surface area contributed by atoms with Gasteiger partial charge in [-0.1, -0.05) is 5.16 Å². The second-order valence-electron chi connectivity index (χ2n) is 5.66. The number of aryl methyl sites for hydroxylation is 1. The highest BCUT2D eigenvalue weighted by Gasteiger charge is 2.27. The van der Waals surface area contributed by atoms with Gasteiger partial charge in [-0.3, -0.25) is 4.90 Å². The minimum absolute atomic E-state index is 0.650. The Labute approximate surface area is 108 Å². The minimum atomic E-state index is 0.650. The van der Waals surface area contributed by atoms with Crippen molar-refractivity contribution in [2.24, 2.45) is 5.92 Å². The van der Waals surface area contributed by atoms with Gasteiger partial charge in [-0.2, -0.15) is 4.98 Å². The van der Waals surface area contributed by atoms with Gasteiger partial charge in [0.05, 0.1) is 6.54 Å². The van der Waals surface area contributed by atoms with E-state index >= 15 is 0 Å². The zero-order valence-corrected chi connectivity index (χ0v) is 11.1. The highest BCUT2D eigenvalue weighted by Crippen LogP contribution is 2.30. The maximum Gasteiger partial charge on any atom is 0.223 e. The molecule has 1 aliphatic heterocycles. The van der Waals surface area contributed by atoms with E-state index < -0.39 is 0 Å². The van der Waals surface area contributed by atoms with Crippen molar-refractivity contribution in [3.8, 4) is 0 Å². The van der Waals surface area contributed by atoms with Gasteiger partial charge in [0.25, 0.3) is 0 Å². The molecule has 2 aliphatic rings. The summed E-state index contributed by atoms with van der Waals surface area (Å²) >= 11 is 0. The fourth-order valence-corrected chi connectivity index (χ4v) is 2.70. The Morgan fingerprint density at radius 2 is 2.22 bits per heavy atom. The minimum Gasteiger partial charge on any atom is -0.340 e. The second kappa shape index (κ2) is 5.36. The van der Waals surface area contributed by atoms with Crippen molar-refractivity contribution in [1.82, 2.24) is 20.4 Å². The first-order valence-electron chi connectivity index (χ1n) is 7.04. The van der Waals surface area contributed by atoms with Crippen LogP contribution in [0, 0.1) is 12.8 Å². The van der Waals surface area contributed by atoms with Crippen LogP contribution in [0.1, 0.15) is 37.4 Å². The molecule has 1 saturated carbocycles. The van der Waals surface area contributed by atoms with Crippen LogP contribution in [0.25, 0.3) is 0 Å². The quantitative estimate of drug-likeness (QED) is 0.825. The lowest BCUT2D eigenvalue weighted by Gasteiger charge is -2.24. The topological polar surface area (TPSA) is 54.2 Å². The first-order chi connectivity index (χ1) is 8.79. The highest BCUT2D eigenvalue weighted by molar-refractivity contribution is 4.88. The van der Waals surface area contributed by atoms with Gasteiger partial charge in [0, 0.05) is 26.1 Å². The fourth-order valence-electron chi connectivity index (χ4n) is 2.70. The zero-order valence-electron chi connectivity index (χ0n) is 11.1. The lowest BCUT2D eigenvalue weighted by Crippen LogP contribution is -2.38. The normalized spacial score (nSPS) is 24.0. The van der Waals surface area contributed by atoms with Gasteiger partial charge >= 0.3 is 0 Å². The van der Waals surface area contributed by atoms with Crippen molar-refractivity contribution in [2.75, 3.05) is 19.6 Å². The SMILES string of the molecule is Cc1nc(CN(CC2CC2)CC2CCCN2)no1. The van der Waals surface area contributed by atoms with Crippen LogP contribution in [0.15, 0.2) is 4.52 Å². The molecule has 1 atom stereocenters. The Kier molecular flexibility index (Phi) is 3.61. The van der Waals surface area contributed by atoms with Crippen LogP contribution in [0.5, 0.6) is 0 Å². The maximum absolute atomic E-state index is 5.05. The first-order valence-corrected chi connectivity index (χ1v) is 7.04. The van der Waals surface area contributed by atoms with Gasteiger partial charge in [0.2, 0.25) is 5.89 Å². The maximum atomic E-state index is 5.05. The third-order valence-electron chi connectivity index (χ3n) is 3.79. The van der Waals surface area contributed by atoms with E-state index in [0.717, 1.165) is 24.8 Å². The van der Waals surface area contributed by atoms with Crippen molar-refractivity contribution in [1.29, 1.82) is 0 Å². The van der Waals surface area contributed by atoms with Crippen molar-refractivity contribution in [3.63, 3.8) is 0 Å². The summed E-state index contributed by atoms with van der Waals surface area (Å²) in [5.41, 5.74) is 0. The summed E-state index contributed by atoms with van der Waals surface area (Å²) in [5.74, 6) is 2.39. The number of hydrogen-bond donors (Lipinski definition) is 1. The summed E-state index contributed by atoms with van der Waals surface area (Å²) in [6.07, 6.45) is 5.38. The van der Waals surface area contributed by atoms with Gasteiger partial charge in [-0.25, -0.2) is 0 Å². The van der Waals surface area contributed by atoms with Gasteiger partial charge in [-0.15, -0.1) is 0 Å². The van der Waals surface area contributed by atoms with Crippen molar-refractivity contribution >= 4 is 0 Å². The molecule has 1 aliphatic carbocycles. The summed E-state index contributed by atoms with van der Waals surface area (Å²) in [7, 11) is 0. The number of aromatic nitrogens is 2. The molecule has 1 saturated heterocycles. The molecule has 2 heterocycles. The van der Waals surface area contributed by atoms with E-state index in [-0.39, 0.29) is 0 Å². The predicted octanol–water partition coefficient (Wildman–Crippen LogP) is 1.34. The van der Waals surface area contributed by atoms with Crippen molar-refractivity contribution in [3.05, 3.63) is 11.7 Å². The average molecular weight is 250 g/mol. The Balaban J connectivity index is 1.57. The molecule has 0 aromatic carbocycles. The molecule has 0 spiro atoms. The molecule has 18 heavy (non-hydrogen) atoms. The summed E-state index contributed by atoms with van der Waals surface area (Å²) in [5, 5.41) is 7.58. The van der Waals surface area contributed by atoms with Crippen LogP contribution in [-0.2, 0) is 6.54 Å². The standard InChI is InChI=1S/C13H22N4O/c1-10-15-13(16-18-10)9-17(7-11-4-5-11)8-12-3-2-6-14-12/h11-12,14H,2-9H2,1H3. The number of nitrogens with one attached hydrogen (secondary N) is 1. The van der Waals surface area contributed by atoms with Crippen LogP contribution in [0.4, 0.5) is 0 Å². The predicted molar refractivity (Wildman–Crippen MR) is 68.1 cm³/mol. The lowest BCUT2D eigenvalue weighted by atomic mass is 10.2. The summed E-state index contributed by atoms with van der Waals surface area (Å²) in [6.45, 7) is 6.14. The number of nitrogens with zero attached hydrogens (tertiary/aromatic N) is 3. The van der Waals surface area contributed by atoms with Crippen LogP contribution in [-0.4, -0.2) is 40.7 Å². The Bertz CT molecular complexity index is 382. The van der Waals surface area contributed by atoms with Crippen LogP contribution < -0.4 is 5.32 Å². The molecule has 3 rings (SSSR count). The second-order valence-corrected chi connectivity index (χ2v) is 5.66. The number of rotatable bonds is 6. The van der Waals surface area contributed by atoms with E-state index in [1.807, 2.05) is 6.92 Å². The van der Waals surface area contributed by atoms with Gasteiger partial charge in [0.1, 0.15) is 0 Å². The molecule has 1 unspecified atom stereocenters. The Hall–Kier alpha value is -0.940. The highest BCUT2D eigenvalue weighted by atomic mass is 16.5. The molecule has 0 amide bonds. The molecular formula is C13H22N4O. The van der Waals surface area contributed by atoms with Crippen LogP contribution in [0.3, 0.4) is 0 Å². The van der Waals surface area contributed by atoms with E-state index in [1.165, 1.54) is 38.8 Å². The van der Waals surface area contributed by atoms with Crippen LogP contribution >= 0.6 is 0 Å². The van der Waals surface area contributed by atoms with Gasteiger partial charge in [0.15, 0.2) is 5.82 Å². The van der Waals surface area contributed by atoms with E-state index in [0.29, 0.717) is 11.9 Å². The molecule has 2 fully saturated rings. The average Bonchev–Trinajstić information content (AvgIpc) is 2.84. The Morgan fingerprint density at radius 1 is 1.33 bits per heavy atom. The molecule has 1 aromatic rings. The Morgan fingerprint density at radius 3 is 2.83 bits per heavy atom. The summed E-state index contributed by atoms with van der Waals surface area (Å²) in [4.78, 5) is 6.80. The summed E-state index contributed by atoms with van der Waals surface area (Å²) in [6, 6.07) is 0.650. The largest absolute Gasteiger partial charge is 0.340 e. The van der Waals surface area contributed by atoms with E-state index in [1.54, 1.807) is 0 Å². The van der Waals surface area contributed by atoms with Gasteiger partial charge in [-0.05, 0) is 38.1 Å². The molecule has 0 radical (unpaired) electrons. The van der Waals surface area contributed by atoms with E-state index in [2.05, 4.69) is 20.4 Å². The van der Waals surface area contributed by atoms with E-state index in [9.17, 15) is 0 Å². The van der Waals surface area contributed by atoms with Gasteiger partial charge < -0.3 is 9.84 Å². The smallest absolute Gasteiger partial charge is 0.223 e. The molecule has 5 nitrogen and oxygen atoms in total. The van der Waals surface area contributed by atoms with Crippen molar-refractivity contribution in [2.45, 2.75) is 45.2 Å².